The highest BCUT2D eigenvalue weighted by atomic mass is 35.5. The summed E-state index contributed by atoms with van der Waals surface area (Å²) in [6.45, 7) is 3.64. The normalized spacial score (nSPS) is 24.1. The molecule has 1 aromatic rings. The second kappa shape index (κ2) is 6.70. The minimum atomic E-state index is -0.855. The van der Waals surface area contributed by atoms with E-state index < -0.39 is 12.0 Å². The minimum absolute atomic E-state index is 0. The Morgan fingerprint density at radius 3 is 2.95 bits per heavy atom. The van der Waals surface area contributed by atoms with Gasteiger partial charge in [-0.3, -0.25) is 14.6 Å². The molecule has 2 aliphatic heterocycles. The zero-order valence-electron chi connectivity index (χ0n) is 11.9. The number of aliphatic carboxylic acids is 1. The lowest BCUT2D eigenvalue weighted by atomic mass is 10.0. The standard InChI is InChI=1S/C14H18ClN3O2.H3N/c15-13-11(4-1-5-16-13)12(14(19)20)18-8-7-17-6-2-3-10(17)9-18;/h1,4-5,10,12H,2-3,6-9H2,(H,19,20);1H3/t10-,12?;/m1./s1. The maximum atomic E-state index is 11.7. The smallest absolute Gasteiger partial charge is 0.325 e. The van der Waals surface area contributed by atoms with Gasteiger partial charge in [-0.15, -0.1) is 0 Å². The van der Waals surface area contributed by atoms with Crippen molar-refractivity contribution in [2.45, 2.75) is 24.9 Å². The van der Waals surface area contributed by atoms with Crippen molar-refractivity contribution in [2.75, 3.05) is 26.2 Å². The molecule has 21 heavy (non-hydrogen) atoms. The summed E-state index contributed by atoms with van der Waals surface area (Å²) < 4.78 is 0. The molecule has 7 heteroatoms. The van der Waals surface area contributed by atoms with Crippen LogP contribution in [-0.2, 0) is 4.79 Å². The van der Waals surface area contributed by atoms with Crippen LogP contribution >= 0.6 is 11.6 Å². The molecule has 2 fully saturated rings. The number of carboxylic acid groups (broad SMARTS) is 1. The molecule has 1 unspecified atom stereocenters. The first kappa shape index (κ1) is 16.2. The zero-order valence-corrected chi connectivity index (χ0v) is 12.7. The number of aromatic nitrogens is 1. The molecule has 0 aromatic carbocycles. The SMILES string of the molecule is N.O=C(O)C(c1cccnc1Cl)N1CCN2CCC[C@@H]2C1. The predicted molar refractivity (Wildman–Crippen MR) is 80.8 cm³/mol. The van der Waals surface area contributed by atoms with Gasteiger partial charge in [-0.05, 0) is 25.5 Å². The summed E-state index contributed by atoms with van der Waals surface area (Å²) in [5.74, 6) is -0.855. The van der Waals surface area contributed by atoms with E-state index in [4.69, 9.17) is 11.6 Å². The van der Waals surface area contributed by atoms with Crippen LogP contribution in [0.5, 0.6) is 0 Å². The highest BCUT2D eigenvalue weighted by molar-refractivity contribution is 6.30. The molecule has 2 saturated heterocycles. The van der Waals surface area contributed by atoms with Crippen molar-refractivity contribution in [3.05, 3.63) is 29.0 Å². The summed E-state index contributed by atoms with van der Waals surface area (Å²) >= 11 is 6.08. The van der Waals surface area contributed by atoms with Gasteiger partial charge in [-0.2, -0.15) is 0 Å². The molecule has 0 bridgehead atoms. The molecule has 0 amide bonds. The zero-order chi connectivity index (χ0) is 14.1. The summed E-state index contributed by atoms with van der Waals surface area (Å²) in [4.78, 5) is 20.2. The first-order chi connectivity index (χ1) is 9.66. The minimum Gasteiger partial charge on any atom is -0.480 e. The Morgan fingerprint density at radius 1 is 1.43 bits per heavy atom. The van der Waals surface area contributed by atoms with Crippen molar-refractivity contribution < 1.29 is 9.90 Å². The van der Waals surface area contributed by atoms with Crippen LogP contribution in [0, 0.1) is 0 Å². The molecular weight excluding hydrogens is 292 g/mol. The van der Waals surface area contributed by atoms with Crippen molar-refractivity contribution in [3.8, 4) is 0 Å². The fourth-order valence-corrected chi connectivity index (χ4v) is 3.56. The Kier molecular flexibility index (Phi) is 5.16. The molecule has 0 radical (unpaired) electrons. The van der Waals surface area contributed by atoms with E-state index in [1.54, 1.807) is 18.3 Å². The monoisotopic (exact) mass is 312 g/mol. The molecule has 2 aliphatic rings. The Hall–Kier alpha value is -1.21. The predicted octanol–water partition coefficient (Wildman–Crippen LogP) is 1.80. The number of rotatable bonds is 3. The fourth-order valence-electron chi connectivity index (χ4n) is 3.34. The van der Waals surface area contributed by atoms with E-state index in [2.05, 4.69) is 9.88 Å². The highest BCUT2D eigenvalue weighted by Gasteiger charge is 2.37. The lowest BCUT2D eigenvalue weighted by molar-refractivity contribution is -0.144. The number of hydrogen-bond acceptors (Lipinski definition) is 5. The van der Waals surface area contributed by atoms with E-state index >= 15 is 0 Å². The van der Waals surface area contributed by atoms with Gasteiger partial charge in [0, 0.05) is 37.4 Å². The van der Waals surface area contributed by atoms with Gasteiger partial charge < -0.3 is 11.3 Å². The molecule has 6 nitrogen and oxygen atoms in total. The van der Waals surface area contributed by atoms with Crippen LogP contribution in [0.15, 0.2) is 18.3 Å². The van der Waals surface area contributed by atoms with Gasteiger partial charge >= 0.3 is 5.97 Å². The van der Waals surface area contributed by atoms with Crippen molar-refractivity contribution in [1.82, 2.24) is 20.9 Å². The second-order valence-corrected chi connectivity index (χ2v) is 5.81. The average molecular weight is 313 g/mol. The van der Waals surface area contributed by atoms with Gasteiger partial charge in [-0.1, -0.05) is 17.7 Å². The van der Waals surface area contributed by atoms with E-state index in [1.165, 1.54) is 6.42 Å². The van der Waals surface area contributed by atoms with Crippen molar-refractivity contribution in [1.29, 1.82) is 0 Å². The summed E-state index contributed by atoms with van der Waals surface area (Å²) in [6, 6.07) is 3.29. The third kappa shape index (κ3) is 3.18. The summed E-state index contributed by atoms with van der Waals surface area (Å²) in [7, 11) is 0. The number of pyridine rings is 1. The van der Waals surface area contributed by atoms with Crippen LogP contribution < -0.4 is 6.15 Å². The molecule has 1 aromatic heterocycles. The van der Waals surface area contributed by atoms with E-state index in [9.17, 15) is 9.90 Å². The van der Waals surface area contributed by atoms with Crippen molar-refractivity contribution in [2.24, 2.45) is 0 Å². The Labute approximate surface area is 129 Å². The van der Waals surface area contributed by atoms with E-state index in [0.29, 0.717) is 11.6 Å². The van der Waals surface area contributed by atoms with Gasteiger partial charge in [-0.25, -0.2) is 4.98 Å². The molecule has 2 atom stereocenters. The van der Waals surface area contributed by atoms with Crippen LogP contribution in [0.3, 0.4) is 0 Å². The summed E-state index contributed by atoms with van der Waals surface area (Å²) in [5.41, 5.74) is 0.591. The average Bonchev–Trinajstić information content (AvgIpc) is 2.88. The Morgan fingerprint density at radius 2 is 2.24 bits per heavy atom. The van der Waals surface area contributed by atoms with E-state index in [0.717, 1.165) is 32.6 Å². The van der Waals surface area contributed by atoms with Gasteiger partial charge in [0.1, 0.15) is 11.2 Å². The first-order valence-corrected chi connectivity index (χ1v) is 7.36. The van der Waals surface area contributed by atoms with Crippen LogP contribution in [0.1, 0.15) is 24.4 Å². The largest absolute Gasteiger partial charge is 0.480 e. The molecule has 3 rings (SSSR count). The molecule has 0 spiro atoms. The first-order valence-electron chi connectivity index (χ1n) is 6.98. The van der Waals surface area contributed by atoms with Crippen LogP contribution in [0.4, 0.5) is 0 Å². The number of fused-ring (bicyclic) bond motifs is 1. The van der Waals surface area contributed by atoms with E-state index in [1.807, 2.05) is 4.90 Å². The van der Waals surface area contributed by atoms with Crippen LogP contribution in [-0.4, -0.2) is 58.1 Å². The number of carbonyl (C=O) groups is 1. The number of nitrogens with zero attached hydrogens (tertiary/aromatic N) is 3. The molecule has 0 aliphatic carbocycles. The van der Waals surface area contributed by atoms with E-state index in [-0.39, 0.29) is 11.3 Å². The van der Waals surface area contributed by atoms with Gasteiger partial charge in [0.2, 0.25) is 0 Å². The van der Waals surface area contributed by atoms with Crippen LogP contribution in [0.2, 0.25) is 5.15 Å². The Bertz CT molecular complexity index is 514. The number of piperazine rings is 1. The summed E-state index contributed by atoms with van der Waals surface area (Å²) in [5, 5.41) is 9.89. The maximum Gasteiger partial charge on any atom is 0.325 e. The molecule has 4 N–H and O–H groups in total. The molecular formula is C14H21ClN4O2. The third-order valence-electron chi connectivity index (χ3n) is 4.30. The topological polar surface area (TPSA) is 91.7 Å². The van der Waals surface area contributed by atoms with Gasteiger partial charge in [0.05, 0.1) is 0 Å². The maximum absolute atomic E-state index is 11.7. The highest BCUT2D eigenvalue weighted by Crippen LogP contribution is 2.30. The molecule has 3 heterocycles. The number of carboxylic acids is 1. The second-order valence-electron chi connectivity index (χ2n) is 5.45. The van der Waals surface area contributed by atoms with Gasteiger partial charge in [0.25, 0.3) is 0 Å². The van der Waals surface area contributed by atoms with Crippen molar-refractivity contribution in [3.63, 3.8) is 0 Å². The quantitative estimate of drug-likeness (QED) is 0.827. The molecule has 0 saturated carbocycles. The van der Waals surface area contributed by atoms with Crippen molar-refractivity contribution >= 4 is 17.6 Å². The lowest BCUT2D eigenvalue weighted by Gasteiger charge is -2.40. The van der Waals surface area contributed by atoms with Gasteiger partial charge in [0.15, 0.2) is 0 Å². The fraction of sp³-hybridized carbons (Fsp3) is 0.571. The third-order valence-corrected chi connectivity index (χ3v) is 4.62. The summed E-state index contributed by atoms with van der Waals surface area (Å²) in [6.07, 6.45) is 3.95. The Balaban J connectivity index is 0.00000161. The number of hydrogen-bond donors (Lipinski definition) is 2. The van der Waals surface area contributed by atoms with Crippen LogP contribution in [0.25, 0.3) is 0 Å². The number of halogens is 1. The molecule has 116 valence electrons. The lowest BCUT2D eigenvalue weighted by Crippen LogP contribution is -2.52.